The molecule has 0 spiro atoms. The Balaban J connectivity index is 2.18. The van der Waals surface area contributed by atoms with Gasteiger partial charge in [-0.25, -0.2) is 15.0 Å². The van der Waals surface area contributed by atoms with E-state index in [4.69, 9.17) is 6.57 Å². The number of benzene rings is 1. The van der Waals surface area contributed by atoms with Gasteiger partial charge in [-0.15, -0.1) is 0 Å². The first-order valence-corrected chi connectivity index (χ1v) is 7.41. The summed E-state index contributed by atoms with van der Waals surface area (Å²) >= 11 is 0. The molecule has 5 heteroatoms. The van der Waals surface area contributed by atoms with Gasteiger partial charge in [-0.2, -0.15) is 4.31 Å². The Morgan fingerprint density at radius 1 is 1.22 bits per heavy atom. The molecule has 0 radical (unpaired) electrons. The molecule has 0 saturated carbocycles. The second-order valence-electron chi connectivity index (χ2n) is 4.58. The van der Waals surface area contributed by atoms with Crippen molar-refractivity contribution in [1.82, 2.24) is 4.31 Å². The highest BCUT2D eigenvalue weighted by atomic mass is 32.2. The Bertz CT molecular complexity index is 550. The molecule has 96 valence electrons. The van der Waals surface area contributed by atoms with Crippen molar-refractivity contribution < 1.29 is 8.42 Å². The van der Waals surface area contributed by atoms with Crippen LogP contribution in [0.1, 0.15) is 18.4 Å². The Labute approximate surface area is 108 Å². The van der Waals surface area contributed by atoms with Gasteiger partial charge < -0.3 is 4.85 Å². The van der Waals surface area contributed by atoms with E-state index in [1.54, 1.807) is 24.3 Å². The molecule has 1 aromatic carbocycles. The normalized spacial score (nSPS) is 18.4. The zero-order chi connectivity index (χ0) is 13.2. The fourth-order valence-corrected chi connectivity index (χ4v) is 3.54. The first-order valence-electron chi connectivity index (χ1n) is 5.97. The van der Waals surface area contributed by atoms with Gasteiger partial charge in [0.2, 0.25) is 16.1 Å². The van der Waals surface area contributed by atoms with Crippen molar-refractivity contribution in [3.05, 3.63) is 41.2 Å². The van der Waals surface area contributed by atoms with Crippen molar-refractivity contribution in [2.45, 2.75) is 30.7 Å². The molecule has 0 N–H and O–H groups in total. The minimum atomic E-state index is -3.38. The maximum atomic E-state index is 12.3. The predicted molar refractivity (Wildman–Crippen MR) is 69.6 cm³/mol. The van der Waals surface area contributed by atoms with Crippen molar-refractivity contribution >= 4 is 10.0 Å². The third-order valence-corrected chi connectivity index (χ3v) is 5.18. The van der Waals surface area contributed by atoms with E-state index in [-0.39, 0.29) is 6.04 Å². The molecule has 4 nitrogen and oxygen atoms in total. The standard InChI is InChI=1S/C13H16N2O2S/c1-11-3-5-13(6-4-11)18(16,17)15-9-7-12(14-2)8-10-15/h3-6,12H,7-10H2,1H3. The topological polar surface area (TPSA) is 41.7 Å². The van der Waals surface area contributed by atoms with Crippen molar-refractivity contribution in [2.24, 2.45) is 0 Å². The lowest BCUT2D eigenvalue weighted by molar-refractivity contribution is 0.337. The molecular formula is C13H16N2O2S. The van der Waals surface area contributed by atoms with E-state index in [2.05, 4.69) is 4.85 Å². The average Bonchev–Trinajstić information content (AvgIpc) is 2.39. The van der Waals surface area contributed by atoms with E-state index in [1.807, 2.05) is 6.92 Å². The molecule has 2 rings (SSSR count). The third-order valence-electron chi connectivity index (χ3n) is 3.26. The maximum Gasteiger partial charge on any atom is 0.243 e. The monoisotopic (exact) mass is 264 g/mol. The highest BCUT2D eigenvalue weighted by Gasteiger charge is 2.31. The highest BCUT2D eigenvalue weighted by Crippen LogP contribution is 2.22. The van der Waals surface area contributed by atoms with E-state index in [0.29, 0.717) is 30.8 Å². The summed E-state index contributed by atoms with van der Waals surface area (Å²) in [6.45, 7) is 9.79. The van der Waals surface area contributed by atoms with Crippen LogP contribution in [0, 0.1) is 13.5 Å². The lowest BCUT2D eigenvalue weighted by atomic mass is 10.1. The molecular weight excluding hydrogens is 248 g/mol. The number of aryl methyl sites for hydroxylation is 1. The van der Waals surface area contributed by atoms with Gasteiger partial charge in [0.15, 0.2) is 0 Å². The molecule has 1 aromatic rings. The quantitative estimate of drug-likeness (QED) is 0.767. The van der Waals surface area contributed by atoms with Crippen LogP contribution in [-0.4, -0.2) is 31.9 Å². The smallest absolute Gasteiger partial charge is 0.243 e. The van der Waals surface area contributed by atoms with Crippen LogP contribution in [0.5, 0.6) is 0 Å². The van der Waals surface area contributed by atoms with E-state index in [9.17, 15) is 8.42 Å². The first-order chi connectivity index (χ1) is 8.54. The summed E-state index contributed by atoms with van der Waals surface area (Å²) in [5.74, 6) is 0. The van der Waals surface area contributed by atoms with E-state index < -0.39 is 10.0 Å². The van der Waals surface area contributed by atoms with Gasteiger partial charge in [0.1, 0.15) is 0 Å². The van der Waals surface area contributed by atoms with Crippen LogP contribution in [0.4, 0.5) is 0 Å². The summed E-state index contributed by atoms with van der Waals surface area (Å²) in [6, 6.07) is 6.88. The average molecular weight is 264 g/mol. The molecule has 1 saturated heterocycles. The predicted octanol–water partition coefficient (Wildman–Crippen LogP) is 2.07. The number of rotatable bonds is 2. The third kappa shape index (κ3) is 2.55. The Morgan fingerprint density at radius 2 is 1.78 bits per heavy atom. The Morgan fingerprint density at radius 3 is 2.28 bits per heavy atom. The Kier molecular flexibility index (Phi) is 3.69. The Hall–Kier alpha value is -1.38. The summed E-state index contributed by atoms with van der Waals surface area (Å²) in [5.41, 5.74) is 1.04. The van der Waals surface area contributed by atoms with Gasteiger partial charge >= 0.3 is 0 Å². The lowest BCUT2D eigenvalue weighted by Crippen LogP contribution is -2.39. The maximum absolute atomic E-state index is 12.3. The molecule has 1 fully saturated rings. The highest BCUT2D eigenvalue weighted by molar-refractivity contribution is 7.89. The van der Waals surface area contributed by atoms with Gasteiger partial charge in [0, 0.05) is 25.9 Å². The molecule has 1 heterocycles. The second kappa shape index (κ2) is 5.09. The summed E-state index contributed by atoms with van der Waals surface area (Å²) in [4.78, 5) is 3.82. The van der Waals surface area contributed by atoms with Gasteiger partial charge in [-0.3, -0.25) is 0 Å². The van der Waals surface area contributed by atoms with Crippen LogP contribution in [0.15, 0.2) is 29.2 Å². The van der Waals surface area contributed by atoms with Crippen molar-refractivity contribution in [2.75, 3.05) is 13.1 Å². The number of hydrogen-bond acceptors (Lipinski definition) is 2. The van der Waals surface area contributed by atoms with Crippen molar-refractivity contribution in [3.8, 4) is 0 Å². The number of piperidine rings is 1. The fourth-order valence-electron chi connectivity index (χ4n) is 2.07. The largest absolute Gasteiger partial charge is 0.314 e. The molecule has 0 bridgehead atoms. The van der Waals surface area contributed by atoms with Crippen LogP contribution < -0.4 is 0 Å². The lowest BCUT2D eigenvalue weighted by Gasteiger charge is -2.26. The van der Waals surface area contributed by atoms with Crippen molar-refractivity contribution in [1.29, 1.82) is 0 Å². The summed E-state index contributed by atoms with van der Waals surface area (Å²) in [5, 5.41) is 0. The molecule has 1 aliphatic rings. The second-order valence-corrected chi connectivity index (χ2v) is 6.52. The molecule has 0 unspecified atom stereocenters. The van der Waals surface area contributed by atoms with Crippen LogP contribution in [0.3, 0.4) is 0 Å². The molecule has 0 amide bonds. The van der Waals surface area contributed by atoms with Crippen LogP contribution in [0.25, 0.3) is 4.85 Å². The zero-order valence-electron chi connectivity index (χ0n) is 10.3. The molecule has 1 aliphatic heterocycles. The molecule has 0 aliphatic carbocycles. The zero-order valence-corrected chi connectivity index (χ0v) is 11.2. The molecule has 18 heavy (non-hydrogen) atoms. The summed E-state index contributed by atoms with van der Waals surface area (Å²) in [6.07, 6.45) is 1.27. The number of hydrogen-bond donors (Lipinski definition) is 0. The molecule has 0 atom stereocenters. The van der Waals surface area contributed by atoms with E-state index in [1.165, 1.54) is 4.31 Å². The first kappa shape index (κ1) is 13.1. The molecule has 0 aromatic heterocycles. The van der Waals surface area contributed by atoms with Crippen LogP contribution in [0.2, 0.25) is 0 Å². The number of nitrogens with zero attached hydrogens (tertiary/aromatic N) is 2. The van der Waals surface area contributed by atoms with E-state index >= 15 is 0 Å². The summed E-state index contributed by atoms with van der Waals surface area (Å²) in [7, 11) is -3.38. The van der Waals surface area contributed by atoms with Crippen LogP contribution >= 0.6 is 0 Å². The number of sulfonamides is 1. The fraction of sp³-hybridized carbons (Fsp3) is 0.462. The van der Waals surface area contributed by atoms with Crippen LogP contribution in [-0.2, 0) is 10.0 Å². The van der Waals surface area contributed by atoms with E-state index in [0.717, 1.165) is 5.56 Å². The summed E-state index contributed by atoms with van der Waals surface area (Å²) < 4.78 is 26.2. The SMILES string of the molecule is [C-]#[N+]C1CCN(S(=O)(=O)c2ccc(C)cc2)CC1. The van der Waals surface area contributed by atoms with Gasteiger partial charge in [-0.05, 0) is 19.1 Å². The van der Waals surface area contributed by atoms with Gasteiger partial charge in [-0.1, -0.05) is 17.7 Å². The van der Waals surface area contributed by atoms with Gasteiger partial charge in [0.05, 0.1) is 4.90 Å². The van der Waals surface area contributed by atoms with Crippen molar-refractivity contribution in [3.63, 3.8) is 0 Å². The van der Waals surface area contributed by atoms with Gasteiger partial charge in [0.25, 0.3) is 0 Å². The minimum absolute atomic E-state index is 0.0190. The minimum Gasteiger partial charge on any atom is -0.314 e.